The molecule has 0 radical (unpaired) electrons. The first-order chi connectivity index (χ1) is 12.6. The molecule has 27 heavy (non-hydrogen) atoms. The fraction of sp³-hybridized carbons (Fsp3) is 0.176. The van der Waals surface area contributed by atoms with Gasteiger partial charge in [0.1, 0.15) is 0 Å². The number of hydrogen-bond donors (Lipinski definition) is 2. The lowest BCUT2D eigenvalue weighted by atomic mass is 10.1. The van der Waals surface area contributed by atoms with Crippen molar-refractivity contribution in [1.82, 2.24) is 5.32 Å². The Hall–Kier alpha value is -2.45. The van der Waals surface area contributed by atoms with E-state index in [1.807, 2.05) is 0 Å². The fourth-order valence-corrected chi connectivity index (χ4v) is 2.39. The Kier molecular flexibility index (Phi) is 6.92. The van der Waals surface area contributed by atoms with E-state index in [4.69, 9.17) is 23.2 Å². The molecule has 0 aliphatic carbocycles. The molecule has 0 aromatic heterocycles. The zero-order valence-electron chi connectivity index (χ0n) is 13.6. The molecule has 0 atom stereocenters. The first-order valence-electron chi connectivity index (χ1n) is 7.47. The molecule has 10 heteroatoms. The van der Waals surface area contributed by atoms with E-state index in [0.717, 1.165) is 0 Å². The molecule has 144 valence electrons. The van der Waals surface area contributed by atoms with Crippen LogP contribution in [0, 0.1) is 0 Å². The molecule has 0 aliphatic rings. The summed E-state index contributed by atoms with van der Waals surface area (Å²) in [7, 11) is 0. The molecule has 0 saturated carbocycles. The molecular formula is C17H13Cl2F3N2O3. The Morgan fingerprint density at radius 2 is 1.70 bits per heavy atom. The van der Waals surface area contributed by atoms with Gasteiger partial charge in [-0.15, -0.1) is 0 Å². The van der Waals surface area contributed by atoms with E-state index >= 15 is 0 Å². The van der Waals surface area contributed by atoms with Gasteiger partial charge in [-0.3, -0.25) is 4.79 Å². The SMILES string of the molecule is O=C(NCc1ccc(C(=O)Nc2ccc(Cl)cc2Cl)cc1)OCC(F)(F)F. The van der Waals surface area contributed by atoms with Crippen LogP contribution >= 0.6 is 23.2 Å². The van der Waals surface area contributed by atoms with Gasteiger partial charge in [-0.05, 0) is 35.9 Å². The summed E-state index contributed by atoms with van der Waals surface area (Å²) in [4.78, 5) is 23.4. The summed E-state index contributed by atoms with van der Waals surface area (Å²) in [5.41, 5.74) is 1.29. The second-order valence-corrected chi connectivity index (χ2v) is 6.16. The summed E-state index contributed by atoms with van der Waals surface area (Å²) < 4.78 is 39.8. The van der Waals surface area contributed by atoms with Gasteiger partial charge < -0.3 is 15.4 Å². The van der Waals surface area contributed by atoms with Crippen LogP contribution < -0.4 is 10.6 Å². The third-order valence-electron chi connectivity index (χ3n) is 3.20. The molecule has 0 spiro atoms. The van der Waals surface area contributed by atoms with Crippen LogP contribution in [0.3, 0.4) is 0 Å². The second kappa shape index (κ2) is 8.96. The standard InChI is InChI=1S/C17H13Cl2F3N2O3/c18-12-5-6-14(13(19)7-12)24-15(25)11-3-1-10(2-4-11)8-23-16(26)27-9-17(20,21)22/h1-7H,8-9H2,(H,23,26)(H,24,25). The van der Waals surface area contributed by atoms with E-state index in [9.17, 15) is 22.8 Å². The van der Waals surface area contributed by atoms with E-state index in [1.165, 1.54) is 18.2 Å². The van der Waals surface area contributed by atoms with E-state index < -0.39 is 24.8 Å². The lowest BCUT2D eigenvalue weighted by Gasteiger charge is -2.10. The Morgan fingerprint density at radius 3 is 2.30 bits per heavy atom. The number of benzene rings is 2. The third-order valence-corrected chi connectivity index (χ3v) is 3.75. The average Bonchev–Trinajstić information content (AvgIpc) is 2.60. The molecule has 2 N–H and O–H groups in total. The molecule has 2 rings (SSSR count). The van der Waals surface area contributed by atoms with Gasteiger partial charge in [-0.1, -0.05) is 35.3 Å². The fourth-order valence-electron chi connectivity index (χ4n) is 1.93. The second-order valence-electron chi connectivity index (χ2n) is 5.32. The molecule has 0 fully saturated rings. The molecule has 2 aromatic carbocycles. The van der Waals surface area contributed by atoms with Gasteiger partial charge in [-0.25, -0.2) is 4.79 Å². The minimum atomic E-state index is -4.58. The molecule has 2 aromatic rings. The van der Waals surface area contributed by atoms with Crippen molar-refractivity contribution in [2.45, 2.75) is 12.7 Å². The number of ether oxygens (including phenoxy) is 1. The van der Waals surface area contributed by atoms with E-state index in [1.54, 1.807) is 24.3 Å². The maximum absolute atomic E-state index is 12.2. The Morgan fingerprint density at radius 1 is 1.04 bits per heavy atom. The third kappa shape index (κ3) is 6.99. The van der Waals surface area contributed by atoms with Crippen LogP contribution in [0.1, 0.15) is 15.9 Å². The zero-order chi connectivity index (χ0) is 20.0. The monoisotopic (exact) mass is 420 g/mol. The molecule has 0 bridgehead atoms. The smallest absolute Gasteiger partial charge is 0.422 e. The number of alkyl carbamates (subject to hydrolysis) is 1. The predicted molar refractivity (Wildman–Crippen MR) is 95.1 cm³/mol. The van der Waals surface area contributed by atoms with Gasteiger partial charge in [0.05, 0.1) is 10.7 Å². The highest BCUT2D eigenvalue weighted by Crippen LogP contribution is 2.25. The highest BCUT2D eigenvalue weighted by Gasteiger charge is 2.29. The Balaban J connectivity index is 1.88. The summed E-state index contributed by atoms with van der Waals surface area (Å²) >= 11 is 11.8. The number of rotatable bonds is 5. The van der Waals surface area contributed by atoms with Crippen LogP contribution in [0.25, 0.3) is 0 Å². The van der Waals surface area contributed by atoms with Crippen molar-refractivity contribution < 1.29 is 27.5 Å². The van der Waals surface area contributed by atoms with Crippen molar-refractivity contribution in [3.63, 3.8) is 0 Å². The first kappa shape index (κ1) is 20.9. The number of carbonyl (C=O) groups is 2. The lowest BCUT2D eigenvalue weighted by molar-refractivity contribution is -0.160. The van der Waals surface area contributed by atoms with Crippen LogP contribution in [0.2, 0.25) is 10.0 Å². The topological polar surface area (TPSA) is 67.4 Å². The molecule has 2 amide bonds. The molecule has 0 aliphatic heterocycles. The maximum Gasteiger partial charge on any atom is 0.422 e. The van der Waals surface area contributed by atoms with Crippen LogP contribution in [-0.4, -0.2) is 24.8 Å². The van der Waals surface area contributed by atoms with Gasteiger partial charge in [0.2, 0.25) is 0 Å². The summed E-state index contributed by atoms with van der Waals surface area (Å²) in [5, 5.41) is 5.53. The van der Waals surface area contributed by atoms with Gasteiger partial charge in [0, 0.05) is 17.1 Å². The van der Waals surface area contributed by atoms with E-state index in [0.29, 0.717) is 21.8 Å². The minimum Gasteiger partial charge on any atom is -0.440 e. The van der Waals surface area contributed by atoms with E-state index in [2.05, 4.69) is 15.4 Å². The first-order valence-corrected chi connectivity index (χ1v) is 8.22. The molecular weight excluding hydrogens is 408 g/mol. The summed E-state index contributed by atoms with van der Waals surface area (Å²) in [5.74, 6) is -0.414. The van der Waals surface area contributed by atoms with Crippen LogP contribution in [-0.2, 0) is 11.3 Å². The van der Waals surface area contributed by atoms with Crippen LogP contribution in [0.15, 0.2) is 42.5 Å². The van der Waals surface area contributed by atoms with Crippen LogP contribution in [0.5, 0.6) is 0 Å². The van der Waals surface area contributed by atoms with Crippen molar-refractivity contribution in [3.05, 3.63) is 63.6 Å². The summed E-state index contributed by atoms with van der Waals surface area (Å²) in [6.45, 7) is -1.72. The van der Waals surface area contributed by atoms with Gasteiger partial charge in [-0.2, -0.15) is 13.2 Å². The number of halogens is 5. The van der Waals surface area contributed by atoms with Crippen molar-refractivity contribution in [1.29, 1.82) is 0 Å². The number of alkyl halides is 3. The Labute approximate surface area is 162 Å². The van der Waals surface area contributed by atoms with Gasteiger partial charge in [0.15, 0.2) is 6.61 Å². The predicted octanol–water partition coefficient (Wildman–Crippen LogP) is 5.03. The maximum atomic E-state index is 12.2. The van der Waals surface area contributed by atoms with Crippen molar-refractivity contribution in [2.75, 3.05) is 11.9 Å². The highest BCUT2D eigenvalue weighted by molar-refractivity contribution is 6.36. The molecule has 0 unspecified atom stereocenters. The largest absolute Gasteiger partial charge is 0.440 e. The number of amides is 2. The van der Waals surface area contributed by atoms with Crippen molar-refractivity contribution in [3.8, 4) is 0 Å². The van der Waals surface area contributed by atoms with Crippen LogP contribution in [0.4, 0.5) is 23.7 Å². The number of nitrogens with one attached hydrogen (secondary N) is 2. The van der Waals surface area contributed by atoms with Gasteiger partial charge in [0.25, 0.3) is 5.91 Å². The highest BCUT2D eigenvalue weighted by atomic mass is 35.5. The van der Waals surface area contributed by atoms with Crippen molar-refractivity contribution >= 4 is 40.9 Å². The average molecular weight is 421 g/mol. The number of hydrogen-bond acceptors (Lipinski definition) is 3. The number of carbonyl (C=O) groups excluding carboxylic acids is 2. The Bertz CT molecular complexity index is 827. The zero-order valence-corrected chi connectivity index (χ0v) is 15.1. The van der Waals surface area contributed by atoms with Crippen molar-refractivity contribution in [2.24, 2.45) is 0 Å². The van der Waals surface area contributed by atoms with Gasteiger partial charge >= 0.3 is 12.3 Å². The minimum absolute atomic E-state index is 0.0540. The lowest BCUT2D eigenvalue weighted by Crippen LogP contribution is -2.28. The summed E-state index contributed by atoms with van der Waals surface area (Å²) in [6.07, 6.45) is -5.77. The number of anilines is 1. The normalized spacial score (nSPS) is 11.0. The molecule has 0 heterocycles. The van der Waals surface area contributed by atoms with E-state index in [-0.39, 0.29) is 11.6 Å². The molecule has 0 saturated heterocycles. The molecule has 5 nitrogen and oxygen atoms in total. The quantitative estimate of drug-likeness (QED) is 0.712. The summed E-state index contributed by atoms with van der Waals surface area (Å²) in [6, 6.07) is 10.7.